The molecule has 0 bridgehead atoms. The molecule has 1 aliphatic rings. The van der Waals surface area contributed by atoms with E-state index in [2.05, 4.69) is 15.5 Å². The lowest BCUT2D eigenvalue weighted by Crippen LogP contribution is -2.41. The van der Waals surface area contributed by atoms with Crippen LogP contribution in [0.4, 0.5) is 24.8 Å². The number of aromatic nitrogens is 3. The van der Waals surface area contributed by atoms with Crippen molar-refractivity contribution in [2.75, 3.05) is 23.3 Å². The van der Waals surface area contributed by atoms with Crippen molar-refractivity contribution < 1.29 is 18.0 Å². The third kappa shape index (κ3) is 3.64. The number of hydrogen-bond donors (Lipinski definition) is 1. The molecule has 1 N–H and O–H groups in total. The molecule has 0 spiro atoms. The first kappa shape index (κ1) is 18.3. The number of nitrogens with one attached hydrogen (secondary N) is 1. The van der Waals surface area contributed by atoms with Crippen molar-refractivity contribution in [2.45, 2.75) is 19.0 Å². The maximum Gasteiger partial charge on any atom is 0.417 e. The maximum absolute atomic E-state index is 13.1. The minimum atomic E-state index is -4.45. The maximum atomic E-state index is 13.1. The highest BCUT2D eigenvalue weighted by Crippen LogP contribution is 2.30. The summed E-state index contributed by atoms with van der Waals surface area (Å²) in [7, 11) is 0. The van der Waals surface area contributed by atoms with Crippen LogP contribution in [0.5, 0.6) is 0 Å². The van der Waals surface area contributed by atoms with Crippen LogP contribution < -0.4 is 10.2 Å². The number of piperidine rings is 1. The fraction of sp³-hybridized carbons (Fsp3) is 0.316. The fourth-order valence-corrected chi connectivity index (χ4v) is 3.40. The Balaban J connectivity index is 1.55. The molecule has 2 aromatic heterocycles. The highest BCUT2D eigenvalue weighted by atomic mass is 19.4. The zero-order valence-corrected chi connectivity index (χ0v) is 14.9. The number of pyridine rings is 1. The van der Waals surface area contributed by atoms with Crippen LogP contribution in [0.3, 0.4) is 0 Å². The summed E-state index contributed by atoms with van der Waals surface area (Å²) >= 11 is 0. The molecule has 1 amide bonds. The molecule has 9 heteroatoms. The van der Waals surface area contributed by atoms with Gasteiger partial charge in [-0.15, -0.1) is 10.2 Å². The van der Waals surface area contributed by atoms with Crippen LogP contribution in [0.15, 0.2) is 48.7 Å². The predicted molar refractivity (Wildman–Crippen MR) is 98.0 cm³/mol. The Morgan fingerprint density at radius 2 is 1.89 bits per heavy atom. The van der Waals surface area contributed by atoms with Crippen LogP contribution in [0.1, 0.15) is 18.4 Å². The smallest absolute Gasteiger partial charge is 0.340 e. The van der Waals surface area contributed by atoms with E-state index in [1.807, 2.05) is 35.2 Å². The minimum Gasteiger partial charge on any atom is -0.340 e. The molecule has 3 heterocycles. The van der Waals surface area contributed by atoms with Gasteiger partial charge in [0.15, 0.2) is 5.65 Å². The second-order valence-corrected chi connectivity index (χ2v) is 6.78. The van der Waals surface area contributed by atoms with Gasteiger partial charge in [0.2, 0.25) is 11.9 Å². The molecule has 0 aliphatic carbocycles. The minimum absolute atomic E-state index is 0.110. The van der Waals surface area contributed by atoms with Gasteiger partial charge < -0.3 is 10.2 Å². The largest absolute Gasteiger partial charge is 0.417 e. The number of alkyl halides is 3. The van der Waals surface area contributed by atoms with Gasteiger partial charge in [-0.1, -0.05) is 18.2 Å². The van der Waals surface area contributed by atoms with Gasteiger partial charge in [0.25, 0.3) is 0 Å². The van der Waals surface area contributed by atoms with Gasteiger partial charge in [-0.05, 0) is 37.1 Å². The third-order valence-corrected chi connectivity index (χ3v) is 4.83. The molecule has 0 saturated carbocycles. The van der Waals surface area contributed by atoms with Gasteiger partial charge in [0, 0.05) is 25.0 Å². The van der Waals surface area contributed by atoms with Gasteiger partial charge in [0.05, 0.1) is 11.5 Å². The van der Waals surface area contributed by atoms with Crippen LogP contribution in [0.2, 0.25) is 0 Å². The molecule has 6 nitrogen and oxygen atoms in total. The molecule has 1 fully saturated rings. The van der Waals surface area contributed by atoms with E-state index < -0.39 is 11.7 Å². The van der Waals surface area contributed by atoms with Crippen LogP contribution in [-0.2, 0) is 11.0 Å². The van der Waals surface area contributed by atoms with E-state index in [0.29, 0.717) is 36.8 Å². The first-order chi connectivity index (χ1) is 13.4. The standard InChI is InChI=1S/C19H18F3N5O/c20-19(21,22)14-8-9-16-24-25-18(27(16)12-14)26-10-4-5-13(11-26)17(28)23-15-6-2-1-3-7-15/h1-3,6-9,12-13H,4-5,10-11H2,(H,23,28)/t13-/m1/s1. The highest BCUT2D eigenvalue weighted by molar-refractivity contribution is 5.93. The summed E-state index contributed by atoms with van der Waals surface area (Å²) in [6.07, 6.45) is -2.01. The van der Waals surface area contributed by atoms with Gasteiger partial charge in [0.1, 0.15) is 0 Å². The van der Waals surface area contributed by atoms with Crippen LogP contribution in [0, 0.1) is 5.92 Å². The summed E-state index contributed by atoms with van der Waals surface area (Å²) in [5, 5.41) is 10.9. The number of hydrogen-bond acceptors (Lipinski definition) is 4. The third-order valence-electron chi connectivity index (χ3n) is 4.83. The quantitative estimate of drug-likeness (QED) is 0.744. The number of benzene rings is 1. The average Bonchev–Trinajstić information content (AvgIpc) is 3.11. The molecule has 1 aromatic carbocycles. The Bertz CT molecular complexity index is 986. The van der Waals surface area contributed by atoms with E-state index >= 15 is 0 Å². The van der Waals surface area contributed by atoms with Crippen molar-refractivity contribution in [3.05, 3.63) is 54.2 Å². The number of amides is 1. The zero-order chi connectivity index (χ0) is 19.7. The lowest BCUT2D eigenvalue weighted by Gasteiger charge is -2.32. The lowest BCUT2D eigenvalue weighted by molar-refractivity contribution is -0.137. The monoisotopic (exact) mass is 389 g/mol. The molecular formula is C19H18F3N5O. The van der Waals surface area contributed by atoms with Crippen LogP contribution in [-0.4, -0.2) is 33.6 Å². The molecule has 1 atom stereocenters. The van der Waals surface area contributed by atoms with Crippen LogP contribution >= 0.6 is 0 Å². The van der Waals surface area contributed by atoms with E-state index in [9.17, 15) is 18.0 Å². The molecule has 4 rings (SSSR count). The second kappa shape index (κ2) is 7.14. The molecule has 1 saturated heterocycles. The lowest BCUT2D eigenvalue weighted by atomic mass is 9.97. The van der Waals surface area contributed by atoms with E-state index in [0.717, 1.165) is 18.7 Å². The molecule has 0 unspecified atom stereocenters. The number of para-hydroxylation sites is 1. The number of anilines is 2. The molecule has 0 radical (unpaired) electrons. The Morgan fingerprint density at radius 3 is 2.64 bits per heavy atom. The summed E-state index contributed by atoms with van der Waals surface area (Å²) in [6, 6.07) is 11.4. The molecule has 1 aliphatic heterocycles. The molecule has 146 valence electrons. The number of halogens is 3. The summed E-state index contributed by atoms with van der Waals surface area (Å²) in [4.78, 5) is 14.4. The number of carbonyl (C=O) groups excluding carboxylic acids is 1. The summed E-state index contributed by atoms with van der Waals surface area (Å²) in [6.45, 7) is 0.974. The van der Waals surface area contributed by atoms with Crippen molar-refractivity contribution in [2.24, 2.45) is 5.92 Å². The number of nitrogens with zero attached hydrogens (tertiary/aromatic N) is 4. The Hall–Kier alpha value is -3.10. The topological polar surface area (TPSA) is 62.5 Å². The number of rotatable bonds is 3. The van der Waals surface area contributed by atoms with E-state index in [4.69, 9.17) is 0 Å². The fourth-order valence-electron chi connectivity index (χ4n) is 3.40. The van der Waals surface area contributed by atoms with Gasteiger partial charge in [-0.25, -0.2) is 0 Å². The van der Waals surface area contributed by atoms with Crippen LogP contribution in [0.25, 0.3) is 5.65 Å². The van der Waals surface area contributed by atoms with Crippen molar-refractivity contribution in [1.29, 1.82) is 0 Å². The predicted octanol–water partition coefficient (Wildman–Crippen LogP) is 3.60. The Labute approximate surface area is 159 Å². The summed E-state index contributed by atoms with van der Waals surface area (Å²) in [5.74, 6) is -0.0777. The first-order valence-corrected chi connectivity index (χ1v) is 8.94. The number of carbonyl (C=O) groups is 1. The first-order valence-electron chi connectivity index (χ1n) is 8.94. The Morgan fingerprint density at radius 1 is 1.11 bits per heavy atom. The second-order valence-electron chi connectivity index (χ2n) is 6.78. The van der Waals surface area contributed by atoms with E-state index in [1.165, 1.54) is 10.5 Å². The zero-order valence-electron chi connectivity index (χ0n) is 14.9. The normalized spacial score (nSPS) is 17.7. The van der Waals surface area contributed by atoms with Gasteiger partial charge >= 0.3 is 6.18 Å². The van der Waals surface area contributed by atoms with E-state index in [1.54, 1.807) is 0 Å². The highest BCUT2D eigenvalue weighted by Gasteiger charge is 2.32. The van der Waals surface area contributed by atoms with Gasteiger partial charge in [-0.2, -0.15) is 13.2 Å². The molecule has 28 heavy (non-hydrogen) atoms. The molecule has 3 aromatic rings. The van der Waals surface area contributed by atoms with Crippen molar-refractivity contribution in [3.63, 3.8) is 0 Å². The SMILES string of the molecule is O=C(Nc1ccccc1)[C@@H]1CCCN(c2nnc3ccc(C(F)(F)F)cn23)C1. The summed E-state index contributed by atoms with van der Waals surface area (Å²) < 4.78 is 40.5. The van der Waals surface area contributed by atoms with Crippen molar-refractivity contribution >= 4 is 23.2 Å². The van der Waals surface area contributed by atoms with Gasteiger partial charge in [-0.3, -0.25) is 9.20 Å². The summed E-state index contributed by atoms with van der Waals surface area (Å²) in [5.41, 5.74) is 0.280. The van der Waals surface area contributed by atoms with E-state index in [-0.39, 0.29) is 11.8 Å². The van der Waals surface area contributed by atoms with Crippen molar-refractivity contribution in [3.8, 4) is 0 Å². The number of fused-ring (bicyclic) bond motifs is 1. The van der Waals surface area contributed by atoms with Crippen molar-refractivity contribution in [1.82, 2.24) is 14.6 Å². The average molecular weight is 389 g/mol. The Kier molecular flexibility index (Phi) is 4.66. The molecular weight excluding hydrogens is 371 g/mol.